The van der Waals surface area contributed by atoms with Crippen LogP contribution in [0.4, 0.5) is 0 Å². The third-order valence-corrected chi connectivity index (χ3v) is 8.09. The zero-order valence-corrected chi connectivity index (χ0v) is 24.3. The van der Waals surface area contributed by atoms with Gasteiger partial charge in [-0.25, -0.2) is 0 Å². The van der Waals surface area contributed by atoms with Crippen LogP contribution < -0.4 is 0 Å². The minimum atomic E-state index is -0.788. The smallest absolute Gasteiger partial charge is 0.143 e. The Balaban J connectivity index is 1.57. The summed E-state index contributed by atoms with van der Waals surface area (Å²) in [6.45, 7) is 0. The number of para-hydroxylation sites is 1. The molecular weight excluding hydrogens is 569 g/mol. The minimum Gasteiger partial charge on any atom is -0.455 e. The molecule has 0 atom stereocenters. The van der Waals surface area contributed by atoms with E-state index in [-0.39, 0.29) is 49.9 Å². The number of rotatable bonds is 5. The standard InChI is InChI=1S/C46H30O/c1-4-16-31(17-5-1)34-22-14-23-35(30-34)45-44(41-29-15-28-36(46(41)47-45)32-18-6-2-7-19-32)43-39-26-12-10-24-37(39)42(33-20-8-3-9-21-33)38-25-11-13-27-40(38)43/h1-30H/i1D,3D,4D,5D,8D,9D,10D,11D,12D,13D,16D,17D,20D,21D,24D,25D,26D,27D. The van der Waals surface area contributed by atoms with Gasteiger partial charge in [0.15, 0.2) is 0 Å². The van der Waals surface area contributed by atoms with Crippen LogP contribution in [0.25, 0.3) is 88.3 Å². The van der Waals surface area contributed by atoms with Crippen molar-refractivity contribution >= 4 is 32.5 Å². The van der Waals surface area contributed by atoms with Crippen molar-refractivity contribution in [1.82, 2.24) is 0 Å². The van der Waals surface area contributed by atoms with Gasteiger partial charge < -0.3 is 4.42 Å². The Morgan fingerprint density at radius 1 is 0.362 bits per heavy atom. The Morgan fingerprint density at radius 3 is 1.55 bits per heavy atom. The van der Waals surface area contributed by atoms with E-state index in [9.17, 15) is 5.48 Å². The van der Waals surface area contributed by atoms with Gasteiger partial charge in [0.05, 0.1) is 24.7 Å². The maximum absolute atomic E-state index is 9.56. The number of fused-ring (bicyclic) bond motifs is 3. The van der Waals surface area contributed by atoms with Crippen molar-refractivity contribution < 1.29 is 29.1 Å². The van der Waals surface area contributed by atoms with E-state index >= 15 is 0 Å². The fourth-order valence-electron chi connectivity index (χ4n) is 6.13. The first-order chi connectivity index (χ1) is 30.8. The normalized spacial score (nSPS) is 16.8. The van der Waals surface area contributed by atoms with Crippen molar-refractivity contribution in [1.29, 1.82) is 0 Å². The number of hydrogen-bond donors (Lipinski definition) is 0. The third kappa shape index (κ3) is 4.56. The molecule has 9 aromatic rings. The second-order valence-corrected chi connectivity index (χ2v) is 10.7. The Labute approximate surface area is 299 Å². The molecule has 0 unspecified atom stereocenters. The minimum absolute atomic E-state index is 0.00409. The van der Waals surface area contributed by atoms with Crippen LogP contribution in [-0.2, 0) is 0 Å². The second kappa shape index (κ2) is 11.3. The van der Waals surface area contributed by atoms with Gasteiger partial charge in [0, 0.05) is 27.6 Å². The summed E-state index contributed by atoms with van der Waals surface area (Å²) < 4.78 is 166. The van der Waals surface area contributed by atoms with Gasteiger partial charge in [-0.3, -0.25) is 0 Å². The lowest BCUT2D eigenvalue weighted by atomic mass is 9.84. The molecule has 0 N–H and O–H groups in total. The van der Waals surface area contributed by atoms with E-state index in [1.807, 2.05) is 30.3 Å². The topological polar surface area (TPSA) is 13.1 Å². The maximum Gasteiger partial charge on any atom is 0.143 e. The molecule has 0 aliphatic rings. The van der Waals surface area contributed by atoms with Gasteiger partial charge in [0.2, 0.25) is 0 Å². The molecule has 0 bridgehead atoms. The van der Waals surface area contributed by atoms with Crippen LogP contribution in [0.1, 0.15) is 24.7 Å². The number of benzene rings is 8. The first-order valence-corrected chi connectivity index (χ1v) is 14.6. The van der Waals surface area contributed by atoms with E-state index < -0.39 is 131 Å². The summed E-state index contributed by atoms with van der Waals surface area (Å²) >= 11 is 0. The molecule has 0 saturated heterocycles. The third-order valence-electron chi connectivity index (χ3n) is 8.09. The molecule has 0 radical (unpaired) electrons. The van der Waals surface area contributed by atoms with Crippen molar-refractivity contribution in [2.75, 3.05) is 0 Å². The van der Waals surface area contributed by atoms with Gasteiger partial charge in [-0.15, -0.1) is 0 Å². The molecule has 220 valence electrons. The predicted molar refractivity (Wildman–Crippen MR) is 198 cm³/mol. The Hall–Kier alpha value is -6.18. The summed E-state index contributed by atoms with van der Waals surface area (Å²) in [4.78, 5) is 0. The average molecular weight is 617 g/mol. The van der Waals surface area contributed by atoms with Gasteiger partial charge in [-0.1, -0.05) is 175 Å². The van der Waals surface area contributed by atoms with E-state index in [4.69, 9.17) is 23.6 Å². The van der Waals surface area contributed by atoms with Gasteiger partial charge in [0.25, 0.3) is 0 Å². The van der Waals surface area contributed by atoms with Gasteiger partial charge >= 0.3 is 0 Å². The van der Waals surface area contributed by atoms with E-state index in [2.05, 4.69) is 0 Å². The molecule has 0 spiro atoms. The van der Waals surface area contributed by atoms with Crippen molar-refractivity contribution in [2.24, 2.45) is 0 Å². The lowest BCUT2D eigenvalue weighted by Gasteiger charge is -2.18. The molecule has 1 heterocycles. The average Bonchev–Trinajstić information content (AvgIpc) is 3.70. The highest BCUT2D eigenvalue weighted by Crippen LogP contribution is 2.50. The molecule has 0 amide bonds. The van der Waals surface area contributed by atoms with Crippen molar-refractivity contribution in [3.05, 3.63) is 182 Å². The molecule has 8 aromatic carbocycles. The highest BCUT2D eigenvalue weighted by atomic mass is 16.3. The molecule has 0 fully saturated rings. The Kier molecular flexibility index (Phi) is 3.49. The van der Waals surface area contributed by atoms with Crippen molar-refractivity contribution in [3.63, 3.8) is 0 Å². The fraction of sp³-hybridized carbons (Fsp3) is 0. The SMILES string of the molecule is [2H]c1c([2H])c([2H])c(-c2cccc(-c3oc4c(-c5ccccc5)cccc4c3-c3c4c([2H])c([2H])c([2H])c([2H])c4c(-c4c([2H])c([2H])c([2H])c([2H])c4[2H])c4c([2H])c([2H])c([2H])c([2H])c34)c2)c([2H])c1[2H]. The molecule has 1 heteroatoms. The first kappa shape index (κ1) is 14.5. The van der Waals surface area contributed by atoms with E-state index in [1.165, 1.54) is 6.07 Å². The van der Waals surface area contributed by atoms with Gasteiger partial charge in [0.1, 0.15) is 11.3 Å². The second-order valence-electron chi connectivity index (χ2n) is 10.7. The monoisotopic (exact) mass is 616 g/mol. The fourth-order valence-corrected chi connectivity index (χ4v) is 6.13. The van der Waals surface area contributed by atoms with Crippen LogP contribution in [-0.4, -0.2) is 0 Å². The lowest BCUT2D eigenvalue weighted by Crippen LogP contribution is -1.91. The van der Waals surface area contributed by atoms with Crippen LogP contribution in [0.15, 0.2) is 186 Å². The summed E-state index contributed by atoms with van der Waals surface area (Å²) in [5.41, 5.74) is 0.739. The quantitative estimate of drug-likeness (QED) is 0.175. The van der Waals surface area contributed by atoms with Gasteiger partial charge in [-0.2, -0.15) is 0 Å². The molecule has 1 nitrogen and oxygen atoms in total. The van der Waals surface area contributed by atoms with Crippen LogP contribution in [0.2, 0.25) is 0 Å². The van der Waals surface area contributed by atoms with Crippen LogP contribution in [0, 0.1) is 0 Å². The Bertz CT molecular complexity index is 3440. The van der Waals surface area contributed by atoms with Crippen LogP contribution in [0.5, 0.6) is 0 Å². The lowest BCUT2D eigenvalue weighted by molar-refractivity contribution is 0.633. The molecule has 0 aliphatic carbocycles. The summed E-state index contributed by atoms with van der Waals surface area (Å²) in [6.07, 6.45) is 0. The van der Waals surface area contributed by atoms with E-state index in [0.29, 0.717) is 16.5 Å². The van der Waals surface area contributed by atoms with Crippen LogP contribution >= 0.6 is 0 Å². The first-order valence-electron chi connectivity index (χ1n) is 23.6. The Morgan fingerprint density at radius 2 is 0.894 bits per heavy atom. The van der Waals surface area contributed by atoms with Crippen molar-refractivity contribution in [3.8, 4) is 55.8 Å². The number of hydrogen-bond acceptors (Lipinski definition) is 1. The summed E-state index contributed by atoms with van der Waals surface area (Å²) in [5.74, 6) is -0.00409. The van der Waals surface area contributed by atoms with Crippen molar-refractivity contribution in [2.45, 2.75) is 0 Å². The molecule has 1 aromatic heterocycles. The molecular formula is C46H30O. The highest BCUT2D eigenvalue weighted by molar-refractivity contribution is 6.25. The molecule has 0 saturated carbocycles. The van der Waals surface area contributed by atoms with E-state index in [1.54, 1.807) is 36.4 Å². The number of furan rings is 1. The summed E-state index contributed by atoms with van der Waals surface area (Å²) in [5, 5.41) is -1.10. The summed E-state index contributed by atoms with van der Waals surface area (Å²) in [7, 11) is 0. The van der Waals surface area contributed by atoms with Crippen LogP contribution in [0.3, 0.4) is 0 Å². The molecule has 0 aliphatic heterocycles. The maximum atomic E-state index is 9.56. The summed E-state index contributed by atoms with van der Waals surface area (Å²) in [6, 6.07) is 8.16. The molecule has 9 rings (SSSR count). The highest BCUT2D eigenvalue weighted by Gasteiger charge is 2.25. The van der Waals surface area contributed by atoms with Gasteiger partial charge in [-0.05, 0) is 55.4 Å². The predicted octanol–water partition coefficient (Wildman–Crippen LogP) is 13.1. The largest absolute Gasteiger partial charge is 0.455 e. The zero-order valence-electron chi connectivity index (χ0n) is 42.3. The van der Waals surface area contributed by atoms with E-state index in [0.717, 1.165) is 0 Å². The zero-order chi connectivity index (χ0) is 46.8. The molecule has 47 heavy (non-hydrogen) atoms.